The van der Waals surface area contributed by atoms with Gasteiger partial charge in [-0.3, -0.25) is 4.79 Å². The molecule has 3 aromatic rings. The molecule has 0 saturated heterocycles. The molecule has 3 rings (SSSR count). The number of carbonyl (C=O) groups is 1. The number of benzene rings is 2. The first kappa shape index (κ1) is 23.4. The molecule has 0 aliphatic rings. The highest BCUT2D eigenvalue weighted by Gasteiger charge is 2.15. The molecule has 0 bridgehead atoms. The zero-order chi connectivity index (χ0) is 22.4. The van der Waals surface area contributed by atoms with Gasteiger partial charge in [-0.25, -0.2) is 0 Å². The van der Waals surface area contributed by atoms with E-state index in [-0.39, 0.29) is 18.3 Å². The molecule has 1 amide bonds. The number of carbonyl (C=O) groups excluding carboxylic acids is 1. The van der Waals surface area contributed by atoms with Crippen LogP contribution in [0.2, 0.25) is 0 Å². The summed E-state index contributed by atoms with van der Waals surface area (Å²) in [5, 5.41) is 12.1. The maximum absolute atomic E-state index is 12.4. The summed E-state index contributed by atoms with van der Waals surface area (Å²) in [6.45, 7) is 6.93. The predicted molar refractivity (Wildman–Crippen MR) is 131 cm³/mol. The number of methoxy groups -OCH3 is 1. The van der Waals surface area contributed by atoms with Gasteiger partial charge in [-0.15, -0.1) is 10.2 Å². The molecule has 0 atom stereocenters. The van der Waals surface area contributed by atoms with Crippen molar-refractivity contribution < 1.29 is 14.3 Å². The quantitative estimate of drug-likeness (QED) is 0.303. The van der Waals surface area contributed by atoms with Crippen LogP contribution >= 0.6 is 34.4 Å². The lowest BCUT2D eigenvalue weighted by atomic mass is 10.2. The van der Waals surface area contributed by atoms with Gasteiger partial charge >= 0.3 is 0 Å². The third kappa shape index (κ3) is 6.13. The van der Waals surface area contributed by atoms with Crippen molar-refractivity contribution in [1.82, 2.24) is 14.8 Å². The highest BCUT2D eigenvalue weighted by Crippen LogP contribution is 2.29. The van der Waals surface area contributed by atoms with Crippen LogP contribution in [-0.4, -0.2) is 33.5 Å². The van der Waals surface area contributed by atoms with Crippen molar-refractivity contribution in [3.8, 4) is 11.5 Å². The van der Waals surface area contributed by atoms with Crippen molar-refractivity contribution in [1.29, 1.82) is 0 Å². The Morgan fingerprint density at radius 1 is 1.16 bits per heavy atom. The SMILES string of the molecule is CCn1c(COc2ccc(C)cc2OC)nnc1SCC(=O)Nc1ccc(I)cc1C. The lowest BCUT2D eigenvalue weighted by Crippen LogP contribution is -2.15. The van der Waals surface area contributed by atoms with E-state index < -0.39 is 0 Å². The standard InChI is InChI=1S/C22H25IN4O3S/c1-5-27-20(12-30-18-9-6-14(2)10-19(18)29-4)25-26-22(27)31-13-21(28)24-17-8-7-16(23)11-15(17)3/h6-11H,5,12-13H2,1-4H3,(H,24,28). The van der Waals surface area contributed by atoms with E-state index in [9.17, 15) is 4.79 Å². The molecule has 0 aliphatic carbocycles. The Bertz CT molecular complexity index is 1070. The van der Waals surface area contributed by atoms with Crippen LogP contribution in [0.25, 0.3) is 0 Å². The van der Waals surface area contributed by atoms with Gasteiger partial charge in [0.2, 0.25) is 5.91 Å². The normalized spacial score (nSPS) is 10.7. The highest BCUT2D eigenvalue weighted by molar-refractivity contribution is 14.1. The molecule has 2 aromatic carbocycles. The van der Waals surface area contributed by atoms with Crippen molar-refractivity contribution in [2.45, 2.75) is 39.1 Å². The maximum Gasteiger partial charge on any atom is 0.234 e. The lowest BCUT2D eigenvalue weighted by molar-refractivity contribution is -0.113. The summed E-state index contributed by atoms with van der Waals surface area (Å²) < 4.78 is 14.4. The third-order valence-electron chi connectivity index (χ3n) is 4.58. The van der Waals surface area contributed by atoms with Gasteiger partial charge in [-0.1, -0.05) is 17.8 Å². The maximum atomic E-state index is 12.4. The molecule has 0 radical (unpaired) electrons. The van der Waals surface area contributed by atoms with Crippen LogP contribution in [0.15, 0.2) is 41.6 Å². The number of thioether (sulfide) groups is 1. The van der Waals surface area contributed by atoms with Gasteiger partial charge in [0.25, 0.3) is 0 Å². The fraction of sp³-hybridized carbons (Fsp3) is 0.318. The Hall–Kier alpha value is -2.27. The summed E-state index contributed by atoms with van der Waals surface area (Å²) in [4.78, 5) is 12.4. The first-order valence-corrected chi connectivity index (χ1v) is 11.9. The van der Waals surface area contributed by atoms with E-state index in [4.69, 9.17) is 9.47 Å². The average molecular weight is 552 g/mol. The number of amides is 1. The molecule has 7 nitrogen and oxygen atoms in total. The Labute approximate surface area is 200 Å². The van der Waals surface area contributed by atoms with Crippen LogP contribution in [0, 0.1) is 17.4 Å². The van der Waals surface area contributed by atoms with Crippen LogP contribution in [0.1, 0.15) is 23.9 Å². The molecule has 1 aromatic heterocycles. The zero-order valence-corrected chi connectivity index (χ0v) is 20.9. The Kier molecular flexibility index (Phi) is 8.19. The van der Waals surface area contributed by atoms with Crippen LogP contribution in [0.5, 0.6) is 11.5 Å². The molecule has 0 spiro atoms. The number of ether oxygens (including phenoxy) is 2. The predicted octanol–water partition coefficient (Wildman–Crippen LogP) is 4.84. The van der Waals surface area contributed by atoms with E-state index in [1.807, 2.05) is 61.7 Å². The molecule has 9 heteroatoms. The first-order valence-electron chi connectivity index (χ1n) is 9.79. The molecule has 0 aliphatic heterocycles. The lowest BCUT2D eigenvalue weighted by Gasteiger charge is -2.12. The van der Waals surface area contributed by atoms with E-state index in [1.165, 1.54) is 11.8 Å². The number of aryl methyl sites for hydroxylation is 2. The van der Waals surface area contributed by atoms with E-state index >= 15 is 0 Å². The van der Waals surface area contributed by atoms with Crippen LogP contribution in [-0.2, 0) is 17.9 Å². The number of nitrogens with one attached hydrogen (secondary N) is 1. The number of nitrogens with zero attached hydrogens (tertiary/aromatic N) is 3. The number of aromatic nitrogens is 3. The molecule has 31 heavy (non-hydrogen) atoms. The number of anilines is 1. The molecular formula is C22H25IN4O3S. The van der Waals surface area contributed by atoms with Gasteiger partial charge in [-0.2, -0.15) is 0 Å². The Morgan fingerprint density at radius 3 is 2.68 bits per heavy atom. The van der Waals surface area contributed by atoms with Crippen molar-refractivity contribution in [3.05, 3.63) is 56.9 Å². The second-order valence-corrected chi connectivity index (χ2v) is 9.07. The smallest absolute Gasteiger partial charge is 0.234 e. The molecule has 0 unspecified atom stereocenters. The fourth-order valence-electron chi connectivity index (χ4n) is 2.97. The van der Waals surface area contributed by atoms with E-state index in [0.717, 1.165) is 20.4 Å². The van der Waals surface area contributed by atoms with Crippen LogP contribution in [0.3, 0.4) is 0 Å². The van der Waals surface area contributed by atoms with E-state index in [0.29, 0.717) is 29.0 Å². The van der Waals surface area contributed by atoms with Crippen LogP contribution in [0.4, 0.5) is 5.69 Å². The Morgan fingerprint density at radius 2 is 1.97 bits per heavy atom. The molecule has 1 heterocycles. The third-order valence-corrected chi connectivity index (χ3v) is 6.22. The zero-order valence-electron chi connectivity index (χ0n) is 17.9. The number of hydrogen-bond donors (Lipinski definition) is 1. The van der Waals surface area contributed by atoms with Gasteiger partial charge in [0.05, 0.1) is 12.9 Å². The number of halogens is 1. The summed E-state index contributed by atoms with van der Waals surface area (Å²) in [5.74, 6) is 2.19. The summed E-state index contributed by atoms with van der Waals surface area (Å²) in [6.07, 6.45) is 0. The van der Waals surface area contributed by atoms with Gasteiger partial charge in [-0.05, 0) is 84.8 Å². The van der Waals surface area contributed by atoms with Crippen LogP contribution < -0.4 is 14.8 Å². The average Bonchev–Trinajstić information content (AvgIpc) is 3.15. The highest BCUT2D eigenvalue weighted by atomic mass is 127. The van der Waals surface area contributed by atoms with Gasteiger partial charge in [0.15, 0.2) is 22.5 Å². The van der Waals surface area contributed by atoms with Crippen molar-refractivity contribution in [3.63, 3.8) is 0 Å². The van der Waals surface area contributed by atoms with Crippen molar-refractivity contribution in [2.75, 3.05) is 18.2 Å². The summed E-state index contributed by atoms with van der Waals surface area (Å²) in [5.41, 5.74) is 2.95. The Balaban J connectivity index is 1.61. The van der Waals surface area contributed by atoms with Gasteiger partial charge in [0, 0.05) is 15.8 Å². The van der Waals surface area contributed by atoms with E-state index in [1.54, 1.807) is 7.11 Å². The van der Waals surface area contributed by atoms with Crippen molar-refractivity contribution in [2.24, 2.45) is 0 Å². The largest absolute Gasteiger partial charge is 0.493 e. The minimum Gasteiger partial charge on any atom is -0.493 e. The molecule has 0 saturated carbocycles. The minimum atomic E-state index is -0.0813. The second kappa shape index (κ2) is 10.9. The monoisotopic (exact) mass is 552 g/mol. The summed E-state index contributed by atoms with van der Waals surface area (Å²) in [7, 11) is 1.62. The van der Waals surface area contributed by atoms with Crippen molar-refractivity contribution >= 4 is 45.9 Å². The van der Waals surface area contributed by atoms with Gasteiger partial charge < -0.3 is 19.4 Å². The second-order valence-electron chi connectivity index (χ2n) is 6.88. The summed E-state index contributed by atoms with van der Waals surface area (Å²) >= 11 is 3.61. The minimum absolute atomic E-state index is 0.0813. The molecule has 0 fully saturated rings. The van der Waals surface area contributed by atoms with E-state index in [2.05, 4.69) is 38.1 Å². The molecule has 164 valence electrons. The number of rotatable bonds is 9. The molecular weight excluding hydrogens is 527 g/mol. The summed E-state index contributed by atoms with van der Waals surface area (Å²) in [6, 6.07) is 11.7. The van der Waals surface area contributed by atoms with Gasteiger partial charge in [0.1, 0.15) is 6.61 Å². The topological polar surface area (TPSA) is 78.3 Å². The number of hydrogen-bond acceptors (Lipinski definition) is 6. The fourth-order valence-corrected chi connectivity index (χ4v) is 4.44. The first-order chi connectivity index (χ1) is 14.9. The molecule has 1 N–H and O–H groups in total.